The Morgan fingerprint density at radius 2 is 1.55 bits per heavy atom. The van der Waals surface area contributed by atoms with E-state index in [0.29, 0.717) is 19.3 Å². The molecular formula is C21H39NO6S. The summed E-state index contributed by atoms with van der Waals surface area (Å²) in [6.07, 6.45) is 12.6. The van der Waals surface area contributed by atoms with E-state index >= 15 is 0 Å². The highest BCUT2D eigenvalue weighted by Crippen LogP contribution is 2.33. The minimum Gasteiger partial charge on any atom is -0.301 e. The molecule has 3 rings (SSSR count). The molecule has 4 unspecified atom stereocenters. The van der Waals surface area contributed by atoms with Gasteiger partial charge in [-0.15, -0.1) is 0 Å². The Hall–Kier alpha value is -0.0900. The lowest BCUT2D eigenvalue weighted by molar-refractivity contribution is -0.257. The number of rotatable bonds is 10. The monoisotopic (exact) mass is 433 g/mol. The van der Waals surface area contributed by atoms with Crippen molar-refractivity contribution < 1.29 is 27.6 Å². The van der Waals surface area contributed by atoms with Gasteiger partial charge in [0.05, 0.1) is 25.4 Å². The zero-order valence-electron chi connectivity index (χ0n) is 17.8. The average Bonchev–Trinajstić information content (AvgIpc) is 2.72. The van der Waals surface area contributed by atoms with E-state index < -0.39 is 11.4 Å². The van der Waals surface area contributed by atoms with E-state index in [0.717, 1.165) is 63.7 Å². The fraction of sp³-hybridized carbons (Fsp3) is 1.00. The molecule has 0 aromatic heterocycles. The highest BCUT2D eigenvalue weighted by Gasteiger charge is 2.33. The second kappa shape index (κ2) is 12.7. The van der Waals surface area contributed by atoms with Crippen molar-refractivity contribution in [1.82, 2.24) is 5.48 Å². The maximum absolute atomic E-state index is 12.4. The number of hydroxylamine groups is 1. The van der Waals surface area contributed by atoms with Gasteiger partial charge < -0.3 is 4.84 Å². The predicted octanol–water partition coefficient (Wildman–Crippen LogP) is 4.31. The molecular weight excluding hydrogens is 394 g/mol. The second-order valence-corrected chi connectivity index (χ2v) is 10.1. The molecule has 3 aliphatic carbocycles. The first-order valence-corrected chi connectivity index (χ1v) is 12.5. The van der Waals surface area contributed by atoms with Gasteiger partial charge in [-0.25, -0.2) is 4.89 Å². The van der Waals surface area contributed by atoms with E-state index in [-0.39, 0.29) is 24.0 Å². The van der Waals surface area contributed by atoms with Crippen LogP contribution < -0.4 is 5.48 Å². The van der Waals surface area contributed by atoms with E-state index in [1.807, 2.05) is 0 Å². The molecule has 0 aliphatic heterocycles. The quantitative estimate of drug-likeness (QED) is 0.392. The molecule has 4 atom stereocenters. The van der Waals surface area contributed by atoms with Crippen LogP contribution in [0.15, 0.2) is 0 Å². The summed E-state index contributed by atoms with van der Waals surface area (Å²) in [4.78, 5) is 10.3. The van der Waals surface area contributed by atoms with Gasteiger partial charge in [-0.3, -0.25) is 13.6 Å². The lowest BCUT2D eigenvalue weighted by atomic mass is 9.79. The SMILES string of the molecule is CC1CCC(OS(=O)OC2CCC(COO)C(CONC3CCCCC3)C2)CC1. The Bertz CT molecular complexity index is 482. The zero-order chi connectivity index (χ0) is 20.5. The fourth-order valence-corrected chi connectivity index (χ4v) is 5.81. The van der Waals surface area contributed by atoms with Gasteiger partial charge in [-0.1, -0.05) is 26.2 Å². The van der Waals surface area contributed by atoms with Crippen LogP contribution in [-0.2, 0) is 29.5 Å². The maximum Gasteiger partial charge on any atom is 0.305 e. The molecule has 2 N–H and O–H groups in total. The van der Waals surface area contributed by atoms with Crippen LogP contribution in [0.4, 0.5) is 0 Å². The third kappa shape index (κ3) is 8.16. The van der Waals surface area contributed by atoms with E-state index in [1.165, 1.54) is 19.3 Å². The van der Waals surface area contributed by atoms with Crippen molar-refractivity contribution in [3.05, 3.63) is 0 Å². The number of hydrogen-bond donors (Lipinski definition) is 2. The smallest absolute Gasteiger partial charge is 0.301 e. The molecule has 0 aromatic rings. The summed E-state index contributed by atoms with van der Waals surface area (Å²) in [5, 5.41) is 8.92. The molecule has 3 aliphatic rings. The summed E-state index contributed by atoms with van der Waals surface area (Å²) in [5.74, 6) is 1.13. The molecule has 0 heterocycles. The van der Waals surface area contributed by atoms with Crippen LogP contribution in [0.3, 0.4) is 0 Å². The number of hydrogen-bond acceptors (Lipinski definition) is 7. The van der Waals surface area contributed by atoms with Gasteiger partial charge in [0.2, 0.25) is 0 Å². The molecule has 0 bridgehead atoms. The zero-order valence-corrected chi connectivity index (χ0v) is 18.6. The van der Waals surface area contributed by atoms with Crippen molar-refractivity contribution in [3.63, 3.8) is 0 Å². The summed E-state index contributed by atoms with van der Waals surface area (Å²) < 4.78 is 23.8. The summed E-state index contributed by atoms with van der Waals surface area (Å²) in [7, 11) is 0. The fourth-order valence-electron chi connectivity index (χ4n) is 4.95. The van der Waals surface area contributed by atoms with Crippen molar-refractivity contribution in [2.75, 3.05) is 13.2 Å². The van der Waals surface area contributed by atoms with Gasteiger partial charge in [0.25, 0.3) is 0 Å². The Kier molecular flexibility index (Phi) is 10.3. The van der Waals surface area contributed by atoms with Crippen molar-refractivity contribution >= 4 is 11.4 Å². The largest absolute Gasteiger partial charge is 0.305 e. The Morgan fingerprint density at radius 3 is 2.28 bits per heavy atom. The third-order valence-corrected chi connectivity index (χ3v) is 7.78. The van der Waals surface area contributed by atoms with Crippen molar-refractivity contribution in [1.29, 1.82) is 0 Å². The van der Waals surface area contributed by atoms with Crippen LogP contribution in [0.1, 0.15) is 84.0 Å². The van der Waals surface area contributed by atoms with Gasteiger partial charge in [0.1, 0.15) is 0 Å². The molecule has 0 radical (unpaired) electrons. The summed E-state index contributed by atoms with van der Waals surface area (Å²) in [6.45, 7) is 3.09. The van der Waals surface area contributed by atoms with Gasteiger partial charge in [0.15, 0.2) is 0 Å². The van der Waals surface area contributed by atoms with Crippen LogP contribution in [-0.4, -0.2) is 40.9 Å². The van der Waals surface area contributed by atoms with Crippen LogP contribution in [0.5, 0.6) is 0 Å². The van der Waals surface area contributed by atoms with Crippen LogP contribution in [0, 0.1) is 17.8 Å². The Labute approximate surface area is 177 Å². The van der Waals surface area contributed by atoms with Crippen molar-refractivity contribution in [2.24, 2.45) is 17.8 Å². The van der Waals surface area contributed by atoms with E-state index in [4.69, 9.17) is 18.5 Å². The van der Waals surface area contributed by atoms with Crippen molar-refractivity contribution in [2.45, 2.75) is 102 Å². The van der Waals surface area contributed by atoms with Crippen LogP contribution in [0.2, 0.25) is 0 Å². The van der Waals surface area contributed by atoms with E-state index in [9.17, 15) is 4.21 Å². The summed E-state index contributed by atoms with van der Waals surface area (Å²) in [6, 6.07) is 0.436. The molecule has 0 aromatic carbocycles. The standard InChI is InChI=1S/C21H39NO6S/c1-16-7-10-20(11-8-16)27-29(24)28-21-12-9-17(15-26-23)18(13-21)14-25-22-19-5-3-2-4-6-19/h16-23H,2-15H2,1H3. The summed E-state index contributed by atoms with van der Waals surface area (Å²) in [5.41, 5.74) is 3.22. The first kappa shape index (κ1) is 23.6. The van der Waals surface area contributed by atoms with E-state index in [1.54, 1.807) is 0 Å². The molecule has 170 valence electrons. The van der Waals surface area contributed by atoms with Gasteiger partial charge in [-0.05, 0) is 75.5 Å². The Balaban J connectivity index is 1.40. The minimum absolute atomic E-state index is 0.0463. The van der Waals surface area contributed by atoms with Gasteiger partial charge >= 0.3 is 11.4 Å². The summed E-state index contributed by atoms with van der Waals surface area (Å²) >= 11 is -1.70. The third-order valence-electron chi connectivity index (χ3n) is 6.93. The van der Waals surface area contributed by atoms with Crippen LogP contribution in [0.25, 0.3) is 0 Å². The highest BCUT2D eigenvalue weighted by atomic mass is 32.2. The molecule has 8 heteroatoms. The number of nitrogens with one attached hydrogen (secondary N) is 1. The lowest BCUT2D eigenvalue weighted by Crippen LogP contribution is -2.38. The molecule has 0 saturated heterocycles. The highest BCUT2D eigenvalue weighted by molar-refractivity contribution is 7.75. The first-order valence-electron chi connectivity index (χ1n) is 11.5. The maximum atomic E-state index is 12.4. The van der Waals surface area contributed by atoms with Crippen molar-refractivity contribution in [3.8, 4) is 0 Å². The topological polar surface area (TPSA) is 86.3 Å². The molecule has 3 saturated carbocycles. The second-order valence-electron chi connectivity index (χ2n) is 9.29. The molecule has 7 nitrogen and oxygen atoms in total. The molecule has 0 amide bonds. The van der Waals surface area contributed by atoms with E-state index in [2.05, 4.69) is 17.3 Å². The van der Waals surface area contributed by atoms with Crippen LogP contribution >= 0.6 is 0 Å². The average molecular weight is 434 g/mol. The normalized spacial score (nSPS) is 35.4. The lowest BCUT2D eigenvalue weighted by Gasteiger charge is -2.35. The van der Waals surface area contributed by atoms with Gasteiger partial charge in [-0.2, -0.15) is 9.69 Å². The van der Waals surface area contributed by atoms with Gasteiger partial charge in [0, 0.05) is 6.04 Å². The predicted molar refractivity (Wildman–Crippen MR) is 111 cm³/mol. The molecule has 0 spiro atoms. The Morgan fingerprint density at radius 1 is 0.862 bits per heavy atom. The first-order chi connectivity index (χ1) is 14.1. The molecule has 3 fully saturated rings. The molecule has 29 heavy (non-hydrogen) atoms. The minimum atomic E-state index is -1.70.